The van der Waals surface area contributed by atoms with Crippen LogP contribution in [0.2, 0.25) is 0 Å². The lowest BCUT2D eigenvalue weighted by Gasteiger charge is -2.17. The summed E-state index contributed by atoms with van der Waals surface area (Å²) in [5.74, 6) is 1.62. The molecule has 3 nitrogen and oxygen atoms in total. The lowest BCUT2D eigenvalue weighted by molar-refractivity contribution is -0.121. The standard InChI is InChI=1S/C19H22N2OS/c1-12-3-2-4-15(9-12)19-20-16(11-23-19)10-17(22)21-18(13-5-6-13)14-7-8-14/h2-4,9,11,13-14,18H,5-8,10H2,1H3,(H,21,22). The van der Waals surface area contributed by atoms with E-state index in [-0.39, 0.29) is 5.91 Å². The fourth-order valence-corrected chi connectivity index (χ4v) is 4.05. The Hall–Kier alpha value is -1.68. The molecule has 0 atom stereocenters. The highest BCUT2D eigenvalue weighted by atomic mass is 32.1. The molecule has 2 aliphatic carbocycles. The molecule has 0 bridgehead atoms. The first-order valence-corrected chi connectivity index (χ1v) is 9.38. The van der Waals surface area contributed by atoms with Gasteiger partial charge in [-0.15, -0.1) is 11.3 Å². The zero-order chi connectivity index (χ0) is 15.8. The molecule has 1 amide bonds. The van der Waals surface area contributed by atoms with Gasteiger partial charge in [0.05, 0.1) is 12.1 Å². The van der Waals surface area contributed by atoms with Crippen LogP contribution in [-0.4, -0.2) is 16.9 Å². The molecule has 1 aromatic carbocycles. The first-order chi connectivity index (χ1) is 11.2. The molecule has 4 rings (SSSR count). The number of hydrogen-bond acceptors (Lipinski definition) is 3. The number of amides is 1. The van der Waals surface area contributed by atoms with Gasteiger partial charge in [0.1, 0.15) is 5.01 Å². The number of benzene rings is 1. The molecule has 0 radical (unpaired) electrons. The molecule has 0 unspecified atom stereocenters. The Bertz CT molecular complexity index is 704. The number of nitrogens with one attached hydrogen (secondary N) is 1. The molecule has 1 aromatic heterocycles. The van der Waals surface area contributed by atoms with Crippen LogP contribution in [0.5, 0.6) is 0 Å². The molecule has 120 valence electrons. The van der Waals surface area contributed by atoms with E-state index < -0.39 is 0 Å². The predicted molar refractivity (Wildman–Crippen MR) is 93.4 cm³/mol. The minimum atomic E-state index is 0.134. The highest BCUT2D eigenvalue weighted by Gasteiger charge is 2.42. The average molecular weight is 326 g/mol. The Morgan fingerprint density at radius 2 is 2.04 bits per heavy atom. The van der Waals surface area contributed by atoms with Gasteiger partial charge in [0.2, 0.25) is 5.91 Å². The average Bonchev–Trinajstić information content (AvgIpc) is 3.44. The van der Waals surface area contributed by atoms with Gasteiger partial charge in [0.15, 0.2) is 0 Å². The highest BCUT2D eigenvalue weighted by molar-refractivity contribution is 7.13. The van der Waals surface area contributed by atoms with Crippen molar-refractivity contribution in [2.45, 2.75) is 45.1 Å². The SMILES string of the molecule is Cc1cccc(-c2nc(CC(=O)NC(C3CC3)C3CC3)cs2)c1. The molecule has 2 aliphatic rings. The molecule has 0 saturated heterocycles. The van der Waals surface area contributed by atoms with Gasteiger partial charge < -0.3 is 5.32 Å². The van der Waals surface area contributed by atoms with E-state index in [1.54, 1.807) is 11.3 Å². The van der Waals surface area contributed by atoms with Crippen LogP contribution in [0.15, 0.2) is 29.6 Å². The lowest BCUT2D eigenvalue weighted by Crippen LogP contribution is -2.39. The fraction of sp³-hybridized carbons (Fsp3) is 0.474. The predicted octanol–water partition coefficient (Wildman–Crippen LogP) is 3.97. The van der Waals surface area contributed by atoms with Crippen molar-refractivity contribution in [1.29, 1.82) is 0 Å². The maximum absolute atomic E-state index is 12.3. The topological polar surface area (TPSA) is 42.0 Å². The van der Waals surface area contributed by atoms with Crippen molar-refractivity contribution in [2.24, 2.45) is 11.8 Å². The van der Waals surface area contributed by atoms with Crippen LogP contribution < -0.4 is 5.32 Å². The van der Waals surface area contributed by atoms with Crippen LogP contribution >= 0.6 is 11.3 Å². The Morgan fingerprint density at radius 1 is 1.30 bits per heavy atom. The van der Waals surface area contributed by atoms with Gasteiger partial charge >= 0.3 is 0 Å². The summed E-state index contributed by atoms with van der Waals surface area (Å²) in [5.41, 5.74) is 3.25. The Kier molecular flexibility index (Phi) is 3.93. The number of hydrogen-bond donors (Lipinski definition) is 1. The molecular weight excluding hydrogens is 304 g/mol. The minimum Gasteiger partial charge on any atom is -0.352 e. The van der Waals surface area contributed by atoms with E-state index in [1.807, 2.05) is 11.4 Å². The minimum absolute atomic E-state index is 0.134. The zero-order valence-electron chi connectivity index (χ0n) is 13.4. The van der Waals surface area contributed by atoms with Crippen LogP contribution in [0.25, 0.3) is 10.6 Å². The zero-order valence-corrected chi connectivity index (χ0v) is 14.2. The molecule has 1 heterocycles. The largest absolute Gasteiger partial charge is 0.352 e. The molecule has 23 heavy (non-hydrogen) atoms. The van der Waals surface area contributed by atoms with Crippen LogP contribution in [0.3, 0.4) is 0 Å². The maximum Gasteiger partial charge on any atom is 0.226 e. The van der Waals surface area contributed by atoms with E-state index in [2.05, 4.69) is 35.4 Å². The van der Waals surface area contributed by atoms with Gasteiger partial charge in [0.25, 0.3) is 0 Å². The lowest BCUT2D eigenvalue weighted by atomic mass is 10.1. The summed E-state index contributed by atoms with van der Waals surface area (Å²) in [6, 6.07) is 8.78. The van der Waals surface area contributed by atoms with Crippen LogP contribution in [0, 0.1) is 18.8 Å². The third-order valence-electron chi connectivity index (χ3n) is 4.75. The van der Waals surface area contributed by atoms with Crippen molar-refractivity contribution >= 4 is 17.2 Å². The van der Waals surface area contributed by atoms with E-state index in [9.17, 15) is 4.79 Å². The first-order valence-electron chi connectivity index (χ1n) is 8.50. The second-order valence-corrected chi connectivity index (χ2v) is 7.82. The number of carbonyl (C=O) groups is 1. The molecule has 2 aromatic rings. The van der Waals surface area contributed by atoms with Crippen molar-refractivity contribution in [2.75, 3.05) is 0 Å². The molecular formula is C19H22N2OS. The summed E-state index contributed by atoms with van der Waals surface area (Å²) in [7, 11) is 0. The van der Waals surface area contributed by atoms with Gasteiger partial charge in [-0.3, -0.25) is 4.79 Å². The Labute approximate surface area is 141 Å². The van der Waals surface area contributed by atoms with E-state index in [0.717, 1.165) is 28.1 Å². The monoisotopic (exact) mass is 326 g/mol. The number of thiazole rings is 1. The molecule has 2 fully saturated rings. The third kappa shape index (κ3) is 3.63. The summed E-state index contributed by atoms with van der Waals surface area (Å²) in [5, 5.41) is 6.29. The van der Waals surface area contributed by atoms with Gasteiger partial charge in [-0.2, -0.15) is 0 Å². The van der Waals surface area contributed by atoms with E-state index >= 15 is 0 Å². The molecule has 0 spiro atoms. The van der Waals surface area contributed by atoms with Crippen LogP contribution in [-0.2, 0) is 11.2 Å². The van der Waals surface area contributed by atoms with Crippen LogP contribution in [0.4, 0.5) is 0 Å². The van der Waals surface area contributed by atoms with Gasteiger partial charge in [-0.05, 0) is 50.5 Å². The number of carbonyl (C=O) groups excluding carboxylic acids is 1. The number of aromatic nitrogens is 1. The number of aryl methyl sites for hydroxylation is 1. The quantitative estimate of drug-likeness (QED) is 0.873. The summed E-state index contributed by atoms with van der Waals surface area (Å²) in [4.78, 5) is 17.0. The molecule has 2 saturated carbocycles. The first kappa shape index (κ1) is 14.9. The van der Waals surface area contributed by atoms with Crippen molar-refractivity contribution in [3.63, 3.8) is 0 Å². The Morgan fingerprint density at radius 3 is 2.70 bits per heavy atom. The van der Waals surface area contributed by atoms with E-state index in [1.165, 1.54) is 31.2 Å². The van der Waals surface area contributed by atoms with Crippen molar-refractivity contribution in [3.8, 4) is 10.6 Å². The van der Waals surface area contributed by atoms with Crippen LogP contribution in [0.1, 0.15) is 36.9 Å². The maximum atomic E-state index is 12.3. The highest BCUT2D eigenvalue weighted by Crippen LogP contribution is 2.44. The summed E-state index contributed by atoms with van der Waals surface area (Å²) < 4.78 is 0. The second kappa shape index (κ2) is 6.08. The second-order valence-electron chi connectivity index (χ2n) is 6.96. The summed E-state index contributed by atoms with van der Waals surface area (Å²) >= 11 is 1.62. The molecule has 1 N–H and O–H groups in total. The summed E-state index contributed by atoms with van der Waals surface area (Å²) in [6.45, 7) is 2.08. The third-order valence-corrected chi connectivity index (χ3v) is 5.69. The fourth-order valence-electron chi connectivity index (χ4n) is 3.23. The summed E-state index contributed by atoms with van der Waals surface area (Å²) in [6.07, 6.45) is 5.55. The van der Waals surface area contributed by atoms with E-state index in [4.69, 9.17) is 0 Å². The van der Waals surface area contributed by atoms with Crippen molar-refractivity contribution in [1.82, 2.24) is 10.3 Å². The van der Waals surface area contributed by atoms with Crippen molar-refractivity contribution < 1.29 is 4.79 Å². The van der Waals surface area contributed by atoms with E-state index in [0.29, 0.717) is 12.5 Å². The Balaban J connectivity index is 1.40. The van der Waals surface area contributed by atoms with Gasteiger partial charge in [-0.25, -0.2) is 4.98 Å². The van der Waals surface area contributed by atoms with Crippen molar-refractivity contribution in [3.05, 3.63) is 40.9 Å². The normalized spacial score (nSPS) is 17.5. The molecule has 0 aliphatic heterocycles. The van der Waals surface area contributed by atoms with Gasteiger partial charge in [0, 0.05) is 17.0 Å². The number of nitrogens with zero attached hydrogens (tertiary/aromatic N) is 1. The number of rotatable bonds is 6. The molecule has 4 heteroatoms. The smallest absolute Gasteiger partial charge is 0.226 e. The van der Waals surface area contributed by atoms with Gasteiger partial charge in [-0.1, -0.05) is 23.8 Å².